The lowest BCUT2D eigenvalue weighted by Gasteiger charge is -2.35. The summed E-state index contributed by atoms with van der Waals surface area (Å²) in [6.07, 6.45) is 0. The number of ether oxygens (including phenoxy) is 1. The molecule has 2 aromatic rings. The van der Waals surface area contributed by atoms with Gasteiger partial charge in [-0.3, -0.25) is 14.4 Å². The summed E-state index contributed by atoms with van der Waals surface area (Å²) in [5.41, 5.74) is 7.74. The van der Waals surface area contributed by atoms with E-state index in [4.69, 9.17) is 15.7 Å². The number of sulfonamides is 1. The Kier molecular flexibility index (Phi) is 9.84. The van der Waals surface area contributed by atoms with E-state index >= 15 is 0 Å². The van der Waals surface area contributed by atoms with Crippen LogP contribution in [0.4, 0.5) is 5.69 Å². The van der Waals surface area contributed by atoms with E-state index in [1.165, 1.54) is 17.0 Å². The van der Waals surface area contributed by atoms with Crippen LogP contribution in [-0.4, -0.2) is 87.5 Å². The summed E-state index contributed by atoms with van der Waals surface area (Å²) in [6.45, 7) is 3.59. The summed E-state index contributed by atoms with van der Waals surface area (Å²) in [4.78, 5) is 40.9. The van der Waals surface area contributed by atoms with E-state index in [0.717, 1.165) is 11.3 Å². The topological polar surface area (TPSA) is 184 Å². The van der Waals surface area contributed by atoms with Crippen LogP contribution < -0.4 is 20.7 Å². The maximum atomic E-state index is 12.8. The van der Waals surface area contributed by atoms with Crippen LogP contribution >= 0.6 is 0 Å². The van der Waals surface area contributed by atoms with Gasteiger partial charge in [0.1, 0.15) is 6.04 Å². The number of nitrogens with one attached hydrogen (secondary N) is 2. The first kappa shape index (κ1) is 29.4. The van der Waals surface area contributed by atoms with Crippen LogP contribution in [0.3, 0.4) is 0 Å². The molecule has 0 bridgehead atoms. The van der Waals surface area contributed by atoms with Crippen molar-refractivity contribution >= 4 is 39.3 Å². The average molecular weight is 561 g/mol. The SMILES string of the molecule is CCOC(=O)C(CNC(=O)CN1CCN(c2ccc(/C(N)=N\O)cc2)CC1=O)NS(=O)(=O)c1ccc(C)cc1. The van der Waals surface area contributed by atoms with Gasteiger partial charge < -0.3 is 30.8 Å². The number of carbonyl (C=O) groups is 3. The Morgan fingerprint density at radius 3 is 2.38 bits per heavy atom. The molecule has 0 aromatic heterocycles. The largest absolute Gasteiger partial charge is 0.465 e. The monoisotopic (exact) mass is 560 g/mol. The molecule has 0 spiro atoms. The van der Waals surface area contributed by atoms with Gasteiger partial charge in [0, 0.05) is 30.9 Å². The summed E-state index contributed by atoms with van der Waals surface area (Å²) in [7, 11) is -4.06. The highest BCUT2D eigenvalue weighted by atomic mass is 32.2. The van der Waals surface area contributed by atoms with Crippen molar-refractivity contribution in [3.05, 3.63) is 59.7 Å². The van der Waals surface area contributed by atoms with Crippen LogP contribution in [0.5, 0.6) is 0 Å². The first-order valence-electron chi connectivity index (χ1n) is 12.2. The maximum Gasteiger partial charge on any atom is 0.326 e. The quantitative estimate of drug-likeness (QED) is 0.0947. The number of nitrogens with two attached hydrogens (primary N) is 1. The lowest BCUT2D eigenvalue weighted by molar-refractivity contribution is -0.145. The summed E-state index contributed by atoms with van der Waals surface area (Å²) >= 11 is 0. The van der Waals surface area contributed by atoms with Crippen LogP contribution in [0.25, 0.3) is 0 Å². The zero-order valence-electron chi connectivity index (χ0n) is 21.7. The molecule has 0 saturated carbocycles. The molecule has 1 atom stereocenters. The molecule has 210 valence electrons. The molecule has 1 unspecified atom stereocenters. The van der Waals surface area contributed by atoms with E-state index in [1.807, 2.05) is 11.8 Å². The maximum absolute atomic E-state index is 12.8. The molecule has 1 fully saturated rings. The summed E-state index contributed by atoms with van der Waals surface area (Å²) in [6, 6.07) is 11.6. The van der Waals surface area contributed by atoms with E-state index in [-0.39, 0.29) is 49.4 Å². The number of esters is 1. The second kappa shape index (κ2) is 13.1. The normalized spacial score (nSPS) is 15.1. The summed E-state index contributed by atoms with van der Waals surface area (Å²) in [5.74, 6) is -1.69. The predicted octanol–water partition coefficient (Wildman–Crippen LogP) is -0.235. The van der Waals surface area contributed by atoms with Gasteiger partial charge in [0.15, 0.2) is 5.84 Å². The molecule has 2 aromatic carbocycles. The van der Waals surface area contributed by atoms with Gasteiger partial charge in [0.2, 0.25) is 21.8 Å². The van der Waals surface area contributed by atoms with Crippen LogP contribution in [0, 0.1) is 6.92 Å². The lowest BCUT2D eigenvalue weighted by atomic mass is 10.1. The van der Waals surface area contributed by atoms with Crippen molar-refractivity contribution in [2.45, 2.75) is 24.8 Å². The molecule has 39 heavy (non-hydrogen) atoms. The molecule has 1 saturated heterocycles. The zero-order valence-corrected chi connectivity index (χ0v) is 22.5. The Balaban J connectivity index is 1.56. The zero-order chi connectivity index (χ0) is 28.6. The Bertz CT molecular complexity index is 1310. The molecule has 3 rings (SSSR count). The van der Waals surface area contributed by atoms with Crippen LogP contribution in [-0.2, 0) is 29.1 Å². The molecule has 0 radical (unpaired) electrons. The molecule has 5 N–H and O–H groups in total. The number of anilines is 1. The number of hydrogen-bond acceptors (Lipinski definition) is 9. The molecule has 0 aliphatic carbocycles. The molecule has 1 heterocycles. The van der Waals surface area contributed by atoms with E-state index in [9.17, 15) is 22.8 Å². The number of amides is 2. The highest BCUT2D eigenvalue weighted by Crippen LogP contribution is 2.18. The number of hydrogen-bond donors (Lipinski definition) is 4. The molecule has 1 aliphatic heterocycles. The van der Waals surface area contributed by atoms with Crippen molar-refractivity contribution in [3.63, 3.8) is 0 Å². The van der Waals surface area contributed by atoms with Crippen LogP contribution in [0.15, 0.2) is 58.6 Å². The van der Waals surface area contributed by atoms with Gasteiger partial charge in [0.05, 0.1) is 24.6 Å². The van der Waals surface area contributed by atoms with Crippen molar-refractivity contribution in [1.82, 2.24) is 14.9 Å². The van der Waals surface area contributed by atoms with Gasteiger partial charge in [-0.1, -0.05) is 22.9 Å². The third kappa shape index (κ3) is 7.91. The Labute approximate surface area is 226 Å². The fourth-order valence-corrected chi connectivity index (χ4v) is 5.02. The van der Waals surface area contributed by atoms with Gasteiger partial charge in [-0.05, 0) is 50.2 Å². The number of piperazine rings is 1. The minimum Gasteiger partial charge on any atom is -0.465 e. The fraction of sp³-hybridized carbons (Fsp3) is 0.360. The van der Waals surface area contributed by atoms with Crippen molar-refractivity contribution in [2.75, 3.05) is 44.2 Å². The van der Waals surface area contributed by atoms with E-state index in [2.05, 4.69) is 15.2 Å². The van der Waals surface area contributed by atoms with Crippen molar-refractivity contribution in [1.29, 1.82) is 0 Å². The van der Waals surface area contributed by atoms with Crippen LogP contribution in [0.1, 0.15) is 18.1 Å². The van der Waals surface area contributed by atoms with Gasteiger partial charge >= 0.3 is 5.97 Å². The van der Waals surface area contributed by atoms with Gasteiger partial charge in [-0.25, -0.2) is 8.42 Å². The van der Waals surface area contributed by atoms with Gasteiger partial charge in [0.25, 0.3) is 0 Å². The molecular formula is C25H32N6O7S. The predicted molar refractivity (Wildman–Crippen MR) is 143 cm³/mol. The standard InChI is InChI=1S/C25H32N6O7S/c1-3-38-25(34)21(29-39(36,37)20-10-4-17(2)5-11-20)14-27-22(32)15-31-13-12-30(16-23(31)33)19-8-6-18(7-9-19)24(26)28-35/h4-11,21,29,35H,3,12-16H2,1-2H3,(H2,26,28)(H,27,32). The van der Waals surface area contributed by atoms with Gasteiger partial charge in [-0.2, -0.15) is 4.72 Å². The first-order valence-corrected chi connectivity index (χ1v) is 13.7. The average Bonchev–Trinajstić information content (AvgIpc) is 2.92. The number of rotatable bonds is 11. The third-order valence-electron chi connectivity index (χ3n) is 5.99. The Morgan fingerprint density at radius 2 is 1.79 bits per heavy atom. The molecule has 14 heteroatoms. The Morgan fingerprint density at radius 1 is 1.13 bits per heavy atom. The van der Waals surface area contributed by atoms with Crippen molar-refractivity contribution in [3.8, 4) is 0 Å². The van der Waals surface area contributed by atoms with Crippen molar-refractivity contribution < 1.29 is 32.7 Å². The lowest BCUT2D eigenvalue weighted by Crippen LogP contribution is -2.54. The Hall–Kier alpha value is -4.17. The van der Waals surface area contributed by atoms with Crippen molar-refractivity contribution in [2.24, 2.45) is 10.9 Å². The van der Waals surface area contributed by atoms with Gasteiger partial charge in [-0.15, -0.1) is 0 Å². The highest BCUT2D eigenvalue weighted by Gasteiger charge is 2.29. The van der Waals surface area contributed by atoms with E-state index < -0.39 is 27.9 Å². The first-order chi connectivity index (χ1) is 18.5. The number of oxime groups is 1. The smallest absolute Gasteiger partial charge is 0.326 e. The summed E-state index contributed by atoms with van der Waals surface area (Å²) < 4.78 is 32.8. The molecular weight excluding hydrogens is 528 g/mol. The number of carbonyl (C=O) groups excluding carboxylic acids is 3. The minimum absolute atomic E-state index is 0.0263. The number of nitrogens with zero attached hydrogens (tertiary/aromatic N) is 3. The fourth-order valence-electron chi connectivity index (χ4n) is 3.83. The number of aryl methyl sites for hydroxylation is 1. The molecule has 2 amide bonds. The summed E-state index contributed by atoms with van der Waals surface area (Å²) in [5, 5.41) is 14.3. The highest BCUT2D eigenvalue weighted by molar-refractivity contribution is 7.89. The third-order valence-corrected chi connectivity index (χ3v) is 7.48. The molecule has 13 nitrogen and oxygen atoms in total. The number of amidine groups is 1. The second-order valence-corrected chi connectivity index (χ2v) is 10.5. The minimum atomic E-state index is -4.06. The van der Waals surface area contributed by atoms with E-state index in [0.29, 0.717) is 12.1 Å². The van der Waals surface area contributed by atoms with Crippen LogP contribution in [0.2, 0.25) is 0 Å². The van der Waals surface area contributed by atoms with E-state index in [1.54, 1.807) is 43.3 Å². The molecule has 1 aliphatic rings. The number of benzene rings is 2. The second-order valence-electron chi connectivity index (χ2n) is 8.81.